The lowest BCUT2D eigenvalue weighted by atomic mass is 10.2. The maximum Gasteiger partial charge on any atom is 0.339 e. The fourth-order valence-electron chi connectivity index (χ4n) is 1.74. The van der Waals surface area contributed by atoms with Crippen LogP contribution in [0.15, 0.2) is 39.6 Å². The van der Waals surface area contributed by atoms with Crippen LogP contribution < -0.4 is 5.32 Å². The van der Waals surface area contributed by atoms with Gasteiger partial charge in [-0.05, 0) is 25.1 Å². The summed E-state index contributed by atoms with van der Waals surface area (Å²) in [6, 6.07) is 5.38. The summed E-state index contributed by atoms with van der Waals surface area (Å²) in [7, 11) is 0. The Kier molecular flexibility index (Phi) is 3.84. The number of hydrogen-bond acceptors (Lipinski definition) is 4. The smallest absolute Gasteiger partial charge is 0.339 e. The van der Waals surface area contributed by atoms with E-state index in [-0.39, 0.29) is 11.6 Å². The number of nitrogens with one attached hydrogen (secondary N) is 1. The molecular formula is C13H15NO4. The molecule has 0 aliphatic carbocycles. The van der Waals surface area contributed by atoms with Gasteiger partial charge in [-0.2, -0.15) is 0 Å². The second kappa shape index (κ2) is 5.55. The number of aromatic carboxylic acids is 1. The standard InChI is InChI=1S/C13H15NO4/c1-9(7-10-3-2-5-17-10)14-8-12-11(13(15)16)4-6-18-12/h2-6,9,14H,7-8H2,1H3,(H,15,16). The van der Waals surface area contributed by atoms with Gasteiger partial charge < -0.3 is 19.3 Å². The number of hydrogen-bond donors (Lipinski definition) is 2. The molecule has 0 aliphatic heterocycles. The summed E-state index contributed by atoms with van der Waals surface area (Å²) >= 11 is 0. The second-order valence-corrected chi connectivity index (χ2v) is 4.13. The fraction of sp³-hybridized carbons (Fsp3) is 0.308. The lowest BCUT2D eigenvalue weighted by Gasteiger charge is -2.11. The maximum absolute atomic E-state index is 10.9. The van der Waals surface area contributed by atoms with Crippen molar-refractivity contribution in [2.24, 2.45) is 0 Å². The zero-order chi connectivity index (χ0) is 13.0. The number of rotatable bonds is 6. The number of carboxylic acids is 1. The van der Waals surface area contributed by atoms with Crippen LogP contribution in [0.5, 0.6) is 0 Å². The molecule has 2 aromatic rings. The first kappa shape index (κ1) is 12.4. The molecule has 1 atom stereocenters. The molecule has 0 bridgehead atoms. The Morgan fingerprint density at radius 1 is 1.39 bits per heavy atom. The predicted molar refractivity (Wildman–Crippen MR) is 64.4 cm³/mol. The van der Waals surface area contributed by atoms with Crippen LogP contribution in [-0.2, 0) is 13.0 Å². The van der Waals surface area contributed by atoms with Crippen molar-refractivity contribution in [2.75, 3.05) is 0 Å². The van der Waals surface area contributed by atoms with Gasteiger partial charge >= 0.3 is 5.97 Å². The Labute approximate surface area is 104 Å². The third-order valence-corrected chi connectivity index (χ3v) is 2.67. The third-order valence-electron chi connectivity index (χ3n) is 2.67. The zero-order valence-electron chi connectivity index (χ0n) is 10.1. The summed E-state index contributed by atoms with van der Waals surface area (Å²) in [5.74, 6) is 0.362. The lowest BCUT2D eigenvalue weighted by Crippen LogP contribution is -2.27. The topological polar surface area (TPSA) is 75.6 Å². The van der Waals surface area contributed by atoms with Crippen LogP contribution in [0.25, 0.3) is 0 Å². The van der Waals surface area contributed by atoms with Gasteiger partial charge in [0.1, 0.15) is 17.1 Å². The van der Waals surface area contributed by atoms with Crippen molar-refractivity contribution in [3.8, 4) is 0 Å². The van der Waals surface area contributed by atoms with Gasteiger partial charge in [-0.15, -0.1) is 0 Å². The van der Waals surface area contributed by atoms with E-state index in [9.17, 15) is 4.79 Å². The Hall–Kier alpha value is -2.01. The van der Waals surface area contributed by atoms with Crippen LogP contribution in [0.1, 0.15) is 28.8 Å². The molecule has 0 radical (unpaired) electrons. The van der Waals surface area contributed by atoms with Crippen molar-refractivity contribution in [2.45, 2.75) is 25.9 Å². The average Bonchev–Trinajstić information content (AvgIpc) is 2.96. The van der Waals surface area contributed by atoms with Crippen LogP contribution in [0.4, 0.5) is 0 Å². The molecule has 2 aromatic heterocycles. The summed E-state index contributed by atoms with van der Waals surface area (Å²) < 4.78 is 10.4. The fourth-order valence-corrected chi connectivity index (χ4v) is 1.74. The van der Waals surface area contributed by atoms with Crippen LogP contribution >= 0.6 is 0 Å². The summed E-state index contributed by atoms with van der Waals surface area (Å²) in [5, 5.41) is 12.1. The molecule has 0 spiro atoms. The molecule has 0 aliphatic rings. The van der Waals surface area contributed by atoms with Gasteiger partial charge in [0.05, 0.1) is 19.1 Å². The molecule has 96 valence electrons. The molecule has 5 heteroatoms. The van der Waals surface area contributed by atoms with Crippen molar-refractivity contribution in [1.29, 1.82) is 0 Å². The summed E-state index contributed by atoms with van der Waals surface area (Å²) in [6.45, 7) is 2.39. The highest BCUT2D eigenvalue weighted by atomic mass is 16.4. The van der Waals surface area contributed by atoms with Crippen molar-refractivity contribution < 1.29 is 18.7 Å². The van der Waals surface area contributed by atoms with Crippen LogP contribution in [-0.4, -0.2) is 17.1 Å². The van der Waals surface area contributed by atoms with Crippen LogP contribution in [0.2, 0.25) is 0 Å². The second-order valence-electron chi connectivity index (χ2n) is 4.13. The molecule has 1 unspecified atom stereocenters. The van der Waals surface area contributed by atoms with E-state index < -0.39 is 5.97 Å². The summed E-state index contributed by atoms with van der Waals surface area (Å²) in [5.41, 5.74) is 0.202. The molecular weight excluding hydrogens is 234 g/mol. The van der Waals surface area contributed by atoms with E-state index in [0.717, 1.165) is 12.2 Å². The highest BCUT2D eigenvalue weighted by Gasteiger charge is 2.14. The molecule has 18 heavy (non-hydrogen) atoms. The van der Waals surface area contributed by atoms with Crippen LogP contribution in [0, 0.1) is 0 Å². The average molecular weight is 249 g/mol. The summed E-state index contributed by atoms with van der Waals surface area (Å²) in [6.07, 6.45) is 3.77. The van der Waals surface area contributed by atoms with Gasteiger partial charge in [0.25, 0.3) is 0 Å². The molecule has 0 fully saturated rings. The Bertz CT molecular complexity index is 501. The molecule has 0 amide bonds. The highest BCUT2D eigenvalue weighted by Crippen LogP contribution is 2.11. The van der Waals surface area contributed by atoms with Gasteiger partial charge in [-0.1, -0.05) is 0 Å². The largest absolute Gasteiger partial charge is 0.478 e. The van der Waals surface area contributed by atoms with E-state index in [1.165, 1.54) is 12.3 Å². The SMILES string of the molecule is CC(Cc1ccco1)NCc1occc1C(=O)O. The normalized spacial score (nSPS) is 12.5. The van der Waals surface area contributed by atoms with E-state index in [0.29, 0.717) is 12.3 Å². The van der Waals surface area contributed by atoms with Gasteiger partial charge in [0, 0.05) is 12.5 Å². The van der Waals surface area contributed by atoms with Crippen molar-refractivity contribution >= 4 is 5.97 Å². The zero-order valence-corrected chi connectivity index (χ0v) is 10.1. The number of carboxylic acid groups (broad SMARTS) is 1. The van der Waals surface area contributed by atoms with Gasteiger partial charge in [-0.25, -0.2) is 4.79 Å². The minimum atomic E-state index is -0.973. The quantitative estimate of drug-likeness (QED) is 0.821. The highest BCUT2D eigenvalue weighted by molar-refractivity contribution is 5.88. The van der Waals surface area contributed by atoms with E-state index >= 15 is 0 Å². The predicted octanol–water partition coefficient (Wildman–Crippen LogP) is 2.29. The Morgan fingerprint density at radius 3 is 2.89 bits per heavy atom. The molecule has 2 heterocycles. The Morgan fingerprint density at radius 2 is 2.22 bits per heavy atom. The maximum atomic E-state index is 10.9. The molecule has 2 N–H and O–H groups in total. The molecule has 0 aromatic carbocycles. The first-order valence-corrected chi connectivity index (χ1v) is 5.72. The van der Waals surface area contributed by atoms with Crippen molar-refractivity contribution in [3.05, 3.63) is 47.8 Å². The number of carbonyl (C=O) groups is 1. The summed E-state index contributed by atoms with van der Waals surface area (Å²) in [4.78, 5) is 10.9. The number of furan rings is 2. The molecule has 5 nitrogen and oxygen atoms in total. The van der Waals surface area contributed by atoms with Crippen LogP contribution in [0.3, 0.4) is 0 Å². The van der Waals surface area contributed by atoms with E-state index in [1.807, 2.05) is 19.1 Å². The third kappa shape index (κ3) is 3.01. The molecule has 0 saturated carbocycles. The monoisotopic (exact) mass is 249 g/mol. The minimum absolute atomic E-state index is 0.169. The first-order valence-electron chi connectivity index (χ1n) is 5.72. The van der Waals surface area contributed by atoms with Gasteiger partial charge in [0.15, 0.2) is 0 Å². The van der Waals surface area contributed by atoms with E-state index in [1.54, 1.807) is 6.26 Å². The molecule has 2 rings (SSSR count). The van der Waals surface area contributed by atoms with E-state index in [4.69, 9.17) is 13.9 Å². The molecule has 0 saturated heterocycles. The van der Waals surface area contributed by atoms with Crippen molar-refractivity contribution in [3.63, 3.8) is 0 Å². The lowest BCUT2D eigenvalue weighted by molar-refractivity contribution is 0.0694. The van der Waals surface area contributed by atoms with Gasteiger partial charge in [-0.3, -0.25) is 0 Å². The first-order chi connectivity index (χ1) is 8.66. The van der Waals surface area contributed by atoms with E-state index in [2.05, 4.69) is 5.32 Å². The van der Waals surface area contributed by atoms with Gasteiger partial charge in [0.2, 0.25) is 0 Å². The minimum Gasteiger partial charge on any atom is -0.478 e. The Balaban J connectivity index is 1.87. The van der Waals surface area contributed by atoms with Crippen molar-refractivity contribution in [1.82, 2.24) is 5.32 Å².